The minimum atomic E-state index is -0.874. The standard InChI is InChI=1S/C33H38FN5O5.C10H17NO3/c1-7-19-9-8-10-20-13-23(43-18-41-5)14-24(26(19)20)28-27(34)29-25(15-35-28)30(37-31(36-29)42-6)38-16-21-11-12-22(17-38)39(21)32(40)44-33(2,3)4;12-10(13)7-14-6-9-4-3-8-2-1-5-11(8)9/h8-10,13-15,21-22H,7,11-12,16-18H2,1-6H3;8-9H,1-7H2,(H,12,13). The Bertz CT molecular complexity index is 2120. The van der Waals surface area contributed by atoms with Gasteiger partial charge in [-0.2, -0.15) is 9.97 Å². The van der Waals surface area contributed by atoms with E-state index in [1.54, 1.807) is 19.4 Å². The van der Waals surface area contributed by atoms with Crippen LogP contribution in [-0.2, 0) is 25.4 Å². The molecule has 8 rings (SSSR count). The summed E-state index contributed by atoms with van der Waals surface area (Å²) in [5, 5.41) is 10.7. The highest BCUT2D eigenvalue weighted by Gasteiger charge is 2.45. The molecule has 4 unspecified atom stereocenters. The predicted octanol–water partition coefficient (Wildman–Crippen LogP) is 6.84. The Morgan fingerprint density at radius 3 is 2.45 bits per heavy atom. The number of aromatic nitrogens is 3. The number of rotatable bonds is 11. The summed E-state index contributed by atoms with van der Waals surface area (Å²) in [5.74, 6) is -0.373. The summed E-state index contributed by atoms with van der Waals surface area (Å²) in [4.78, 5) is 43.5. The van der Waals surface area contributed by atoms with E-state index < -0.39 is 17.4 Å². The van der Waals surface area contributed by atoms with Gasteiger partial charge in [-0.15, -0.1) is 0 Å². The first-order valence-electron chi connectivity index (χ1n) is 20.3. The van der Waals surface area contributed by atoms with Crippen molar-refractivity contribution in [2.24, 2.45) is 0 Å². The number of halogens is 1. The molecule has 1 amide bonds. The van der Waals surface area contributed by atoms with Gasteiger partial charge >= 0.3 is 18.1 Å². The second-order valence-corrected chi connectivity index (χ2v) is 16.5. The van der Waals surface area contributed by atoms with Crippen LogP contribution >= 0.6 is 0 Å². The van der Waals surface area contributed by atoms with Gasteiger partial charge in [0.15, 0.2) is 12.6 Å². The van der Waals surface area contributed by atoms with E-state index in [0.29, 0.717) is 48.3 Å². The Hall–Kier alpha value is -4.86. The lowest BCUT2D eigenvalue weighted by molar-refractivity contribution is -0.142. The number of carboxylic acid groups (broad SMARTS) is 1. The Balaban J connectivity index is 0.000000307. The summed E-state index contributed by atoms with van der Waals surface area (Å²) in [6.45, 7) is 10.4. The lowest BCUT2D eigenvalue weighted by Gasteiger charge is -2.42. The van der Waals surface area contributed by atoms with Gasteiger partial charge in [0.2, 0.25) is 0 Å². The fourth-order valence-corrected chi connectivity index (χ4v) is 9.06. The monoisotopic (exact) mass is 802 g/mol. The Morgan fingerprint density at radius 2 is 1.76 bits per heavy atom. The maximum atomic E-state index is 16.7. The van der Waals surface area contributed by atoms with Gasteiger partial charge in [0.1, 0.15) is 35.0 Å². The van der Waals surface area contributed by atoms with Crippen LogP contribution in [-0.4, -0.2) is 126 Å². The Kier molecular flexibility index (Phi) is 12.5. The number of piperazine rings is 1. The molecule has 2 aromatic carbocycles. The fourth-order valence-electron chi connectivity index (χ4n) is 9.06. The fraction of sp³-hybridized carbons (Fsp3) is 0.558. The number of hydrogen-bond acceptors (Lipinski definition) is 12. The third kappa shape index (κ3) is 8.76. The van der Waals surface area contributed by atoms with Crippen molar-refractivity contribution in [2.45, 2.75) is 102 Å². The molecule has 15 heteroatoms. The van der Waals surface area contributed by atoms with E-state index in [4.69, 9.17) is 28.8 Å². The number of pyridine rings is 1. The minimum Gasteiger partial charge on any atom is -0.480 e. The van der Waals surface area contributed by atoms with Gasteiger partial charge in [-0.1, -0.05) is 25.1 Å². The molecular weight excluding hydrogens is 748 g/mol. The van der Waals surface area contributed by atoms with Crippen molar-refractivity contribution in [2.75, 3.05) is 58.8 Å². The van der Waals surface area contributed by atoms with Gasteiger partial charge in [-0.25, -0.2) is 14.0 Å². The molecule has 14 nitrogen and oxygen atoms in total. The SMILES string of the molecule is CCc1cccc2cc(OCOC)cc(-c3ncc4c(N5CC6CCC(C5)N6C(=O)OC(C)(C)C)nc(OC)nc4c3F)c12.O=C(O)COCC1CCC2CCCN21. The first-order valence-corrected chi connectivity index (χ1v) is 20.3. The molecule has 2 aromatic heterocycles. The van der Waals surface area contributed by atoms with Crippen LogP contribution in [0.3, 0.4) is 0 Å². The second-order valence-electron chi connectivity index (χ2n) is 16.5. The molecule has 6 heterocycles. The molecule has 4 aliphatic heterocycles. The molecule has 0 saturated carbocycles. The maximum absolute atomic E-state index is 16.7. The molecule has 4 atom stereocenters. The van der Waals surface area contributed by atoms with Crippen LogP contribution in [0.4, 0.5) is 15.0 Å². The van der Waals surface area contributed by atoms with Gasteiger partial charge in [0.05, 0.1) is 31.2 Å². The zero-order valence-corrected chi connectivity index (χ0v) is 34.3. The number of methoxy groups -OCH3 is 2. The highest BCUT2D eigenvalue weighted by Crippen LogP contribution is 2.40. The van der Waals surface area contributed by atoms with E-state index in [-0.39, 0.29) is 48.8 Å². The summed E-state index contributed by atoms with van der Waals surface area (Å²) in [7, 11) is 3.02. The third-order valence-corrected chi connectivity index (χ3v) is 11.5. The maximum Gasteiger partial charge on any atom is 0.410 e. The van der Waals surface area contributed by atoms with Crippen molar-refractivity contribution in [3.8, 4) is 23.0 Å². The van der Waals surface area contributed by atoms with Crippen molar-refractivity contribution in [1.82, 2.24) is 24.8 Å². The molecule has 2 bridgehead atoms. The first kappa shape index (κ1) is 41.3. The largest absolute Gasteiger partial charge is 0.480 e. The molecule has 4 saturated heterocycles. The molecule has 0 spiro atoms. The quantitative estimate of drug-likeness (QED) is 0.158. The van der Waals surface area contributed by atoms with Crippen LogP contribution in [0.5, 0.6) is 11.8 Å². The minimum absolute atomic E-state index is 0.0506. The summed E-state index contributed by atoms with van der Waals surface area (Å²) in [6, 6.07) is 10.9. The molecule has 312 valence electrons. The van der Waals surface area contributed by atoms with Crippen LogP contribution in [0.2, 0.25) is 0 Å². The summed E-state index contributed by atoms with van der Waals surface area (Å²) in [6.07, 6.45) is 8.84. The molecule has 0 radical (unpaired) electrons. The van der Waals surface area contributed by atoms with Crippen LogP contribution in [0, 0.1) is 5.82 Å². The van der Waals surface area contributed by atoms with E-state index in [1.807, 2.05) is 49.9 Å². The highest BCUT2D eigenvalue weighted by molar-refractivity contribution is 6.01. The van der Waals surface area contributed by atoms with Gasteiger partial charge in [0, 0.05) is 44.0 Å². The van der Waals surface area contributed by atoms with Crippen LogP contribution in [0.1, 0.15) is 71.8 Å². The number of amides is 1. The summed E-state index contributed by atoms with van der Waals surface area (Å²) in [5.41, 5.74) is 1.37. The van der Waals surface area contributed by atoms with Crippen molar-refractivity contribution < 1.29 is 42.8 Å². The van der Waals surface area contributed by atoms with Crippen molar-refractivity contribution in [3.05, 3.63) is 47.9 Å². The third-order valence-electron chi connectivity index (χ3n) is 11.5. The van der Waals surface area contributed by atoms with Crippen molar-refractivity contribution in [1.29, 1.82) is 0 Å². The van der Waals surface area contributed by atoms with Crippen LogP contribution in [0.15, 0.2) is 36.5 Å². The number of aliphatic carboxylic acids is 1. The van der Waals surface area contributed by atoms with Crippen molar-refractivity contribution in [3.63, 3.8) is 0 Å². The predicted molar refractivity (Wildman–Crippen MR) is 217 cm³/mol. The molecule has 0 aliphatic carbocycles. The second kappa shape index (κ2) is 17.6. The lowest BCUT2D eigenvalue weighted by Crippen LogP contribution is -2.57. The van der Waals surface area contributed by atoms with Crippen LogP contribution in [0.25, 0.3) is 32.9 Å². The highest BCUT2D eigenvalue weighted by atomic mass is 19.1. The molecule has 4 aliphatic rings. The zero-order valence-electron chi connectivity index (χ0n) is 34.3. The molecule has 1 N–H and O–H groups in total. The Morgan fingerprint density at radius 1 is 1.00 bits per heavy atom. The number of anilines is 1. The number of benzene rings is 2. The Labute approximate surface area is 338 Å². The summed E-state index contributed by atoms with van der Waals surface area (Å²) < 4.78 is 43.9. The van der Waals surface area contributed by atoms with E-state index >= 15 is 4.39 Å². The zero-order chi connectivity index (χ0) is 41.1. The van der Waals surface area contributed by atoms with Crippen molar-refractivity contribution >= 4 is 39.6 Å². The number of nitrogens with zero attached hydrogens (tertiary/aromatic N) is 6. The van der Waals surface area contributed by atoms with E-state index in [9.17, 15) is 9.59 Å². The molecule has 4 fully saturated rings. The number of fused-ring (bicyclic) bond motifs is 5. The number of aryl methyl sites for hydroxylation is 1. The number of ether oxygens (including phenoxy) is 5. The van der Waals surface area contributed by atoms with E-state index in [2.05, 4.69) is 31.7 Å². The van der Waals surface area contributed by atoms with Gasteiger partial charge < -0.3 is 33.7 Å². The normalized spacial score (nSPS) is 21.6. The van der Waals surface area contributed by atoms with Gasteiger partial charge in [-0.05, 0) is 101 Å². The summed E-state index contributed by atoms with van der Waals surface area (Å²) >= 11 is 0. The van der Waals surface area contributed by atoms with Crippen LogP contribution < -0.4 is 14.4 Å². The molecule has 4 aromatic rings. The number of carbonyl (C=O) groups excluding carboxylic acids is 1. The topological polar surface area (TPSA) is 149 Å². The molecular formula is C43H55FN6O8. The smallest absolute Gasteiger partial charge is 0.410 e. The first-order chi connectivity index (χ1) is 27.9. The van der Waals surface area contributed by atoms with E-state index in [1.165, 1.54) is 39.3 Å². The number of carbonyl (C=O) groups is 2. The van der Waals surface area contributed by atoms with Gasteiger partial charge in [0.25, 0.3) is 0 Å². The average Bonchev–Trinajstić information content (AvgIpc) is 3.89. The molecule has 58 heavy (non-hydrogen) atoms. The number of hydrogen-bond donors (Lipinski definition) is 1. The average molecular weight is 803 g/mol. The lowest BCUT2D eigenvalue weighted by atomic mass is 9.95. The number of carboxylic acids is 1. The van der Waals surface area contributed by atoms with Gasteiger partial charge in [-0.3, -0.25) is 14.8 Å². The van der Waals surface area contributed by atoms with E-state index in [0.717, 1.165) is 41.6 Å².